The van der Waals surface area contributed by atoms with E-state index in [0.717, 1.165) is 6.42 Å². The van der Waals surface area contributed by atoms with Gasteiger partial charge in [-0.1, -0.05) is 76.9 Å². The topological polar surface area (TPSA) is 20.2 Å². The predicted octanol–water partition coefficient (Wildman–Crippen LogP) is 6.40. The van der Waals surface area contributed by atoms with Crippen LogP contribution in [0.25, 0.3) is 0 Å². The zero-order valence-corrected chi connectivity index (χ0v) is 14.1. The predicted molar refractivity (Wildman–Crippen MR) is 91.1 cm³/mol. The maximum absolute atomic E-state index is 9.14. The van der Waals surface area contributed by atoms with Gasteiger partial charge in [-0.15, -0.1) is 0 Å². The summed E-state index contributed by atoms with van der Waals surface area (Å²) in [6, 6.07) is 0. The van der Waals surface area contributed by atoms with E-state index >= 15 is 0 Å². The fraction of sp³-hybridized carbons (Fsp3) is 0.895. The van der Waals surface area contributed by atoms with E-state index in [2.05, 4.69) is 19.1 Å². The molecule has 0 aliphatic heterocycles. The van der Waals surface area contributed by atoms with Crippen molar-refractivity contribution in [3.8, 4) is 0 Å². The molecule has 0 saturated heterocycles. The van der Waals surface area contributed by atoms with Crippen LogP contribution in [0.15, 0.2) is 12.2 Å². The van der Waals surface area contributed by atoms with Gasteiger partial charge in [0.15, 0.2) is 0 Å². The molecule has 0 fully saturated rings. The molecule has 1 nitrogen and oxygen atoms in total. The Balaban J connectivity index is 3.05. The number of rotatable bonds is 15. The molecule has 0 bridgehead atoms. The zero-order valence-electron chi connectivity index (χ0n) is 14.1. The van der Waals surface area contributed by atoms with Crippen molar-refractivity contribution >= 4 is 0 Å². The minimum Gasteiger partial charge on any atom is -0.393 e. The molecule has 0 aliphatic carbocycles. The molecule has 0 amide bonds. The molecule has 20 heavy (non-hydrogen) atoms. The van der Waals surface area contributed by atoms with E-state index in [1.807, 2.05) is 6.92 Å². The van der Waals surface area contributed by atoms with Crippen LogP contribution >= 0.6 is 0 Å². The number of unbranched alkanes of at least 4 members (excludes halogenated alkanes) is 11. The van der Waals surface area contributed by atoms with Crippen molar-refractivity contribution in [2.75, 3.05) is 0 Å². The van der Waals surface area contributed by atoms with E-state index in [-0.39, 0.29) is 6.10 Å². The molecule has 0 aromatic heterocycles. The third-order valence-electron chi connectivity index (χ3n) is 3.88. The summed E-state index contributed by atoms with van der Waals surface area (Å²) < 4.78 is 0. The average molecular weight is 283 g/mol. The van der Waals surface area contributed by atoms with Gasteiger partial charge in [-0.25, -0.2) is 0 Å². The molecule has 0 spiro atoms. The van der Waals surface area contributed by atoms with Crippen molar-refractivity contribution in [3.63, 3.8) is 0 Å². The minimum atomic E-state index is -0.118. The number of allylic oxidation sites excluding steroid dienone is 2. The highest BCUT2D eigenvalue weighted by atomic mass is 16.3. The van der Waals surface area contributed by atoms with E-state index < -0.39 is 0 Å². The van der Waals surface area contributed by atoms with Crippen LogP contribution in [0.3, 0.4) is 0 Å². The molecule has 0 saturated carbocycles. The van der Waals surface area contributed by atoms with E-state index in [1.54, 1.807) is 0 Å². The van der Waals surface area contributed by atoms with Gasteiger partial charge in [0, 0.05) is 0 Å². The van der Waals surface area contributed by atoms with Crippen LogP contribution < -0.4 is 0 Å². The SMILES string of the molecule is CCCCCCCCCC/C=C/CCCCCC(C)O. The van der Waals surface area contributed by atoms with Gasteiger partial charge in [0.25, 0.3) is 0 Å². The van der Waals surface area contributed by atoms with Gasteiger partial charge in [0.1, 0.15) is 0 Å². The lowest BCUT2D eigenvalue weighted by atomic mass is 10.1. The molecular weight excluding hydrogens is 244 g/mol. The van der Waals surface area contributed by atoms with Gasteiger partial charge < -0.3 is 5.11 Å². The van der Waals surface area contributed by atoms with Gasteiger partial charge in [-0.05, 0) is 39.0 Å². The number of hydrogen-bond acceptors (Lipinski definition) is 1. The smallest absolute Gasteiger partial charge is 0.0512 e. The van der Waals surface area contributed by atoms with Crippen LogP contribution in [0.2, 0.25) is 0 Å². The summed E-state index contributed by atoms with van der Waals surface area (Å²) in [6.45, 7) is 4.16. The van der Waals surface area contributed by atoms with Crippen molar-refractivity contribution in [1.82, 2.24) is 0 Å². The Morgan fingerprint density at radius 3 is 1.65 bits per heavy atom. The van der Waals surface area contributed by atoms with Crippen LogP contribution in [-0.4, -0.2) is 11.2 Å². The summed E-state index contributed by atoms with van der Waals surface area (Å²) in [6.07, 6.45) is 23.0. The third-order valence-corrected chi connectivity index (χ3v) is 3.88. The van der Waals surface area contributed by atoms with Gasteiger partial charge in [-0.3, -0.25) is 0 Å². The van der Waals surface area contributed by atoms with Gasteiger partial charge >= 0.3 is 0 Å². The second-order valence-corrected chi connectivity index (χ2v) is 6.22. The summed E-state index contributed by atoms with van der Waals surface area (Å²) >= 11 is 0. The van der Waals surface area contributed by atoms with Crippen molar-refractivity contribution < 1.29 is 5.11 Å². The molecule has 0 aromatic rings. The van der Waals surface area contributed by atoms with Crippen molar-refractivity contribution in [1.29, 1.82) is 0 Å². The lowest BCUT2D eigenvalue weighted by molar-refractivity contribution is 0.180. The maximum Gasteiger partial charge on any atom is 0.0512 e. The standard InChI is InChI=1S/C19H38O/c1-3-4-5-6-7-8-9-10-11-12-13-14-15-16-17-18-19(2)20/h12-13,19-20H,3-11,14-18H2,1-2H3/b13-12+. The summed E-state index contributed by atoms with van der Waals surface area (Å²) in [4.78, 5) is 0. The first-order chi connectivity index (χ1) is 9.77. The highest BCUT2D eigenvalue weighted by Gasteiger charge is 1.94. The molecule has 0 heterocycles. The minimum absolute atomic E-state index is 0.118. The van der Waals surface area contributed by atoms with E-state index in [0.29, 0.717) is 0 Å². The summed E-state index contributed by atoms with van der Waals surface area (Å²) in [5, 5.41) is 9.14. The lowest BCUT2D eigenvalue weighted by Gasteiger charge is -2.02. The second-order valence-electron chi connectivity index (χ2n) is 6.22. The van der Waals surface area contributed by atoms with Gasteiger partial charge in [-0.2, -0.15) is 0 Å². The van der Waals surface area contributed by atoms with E-state index in [9.17, 15) is 0 Å². The molecule has 0 aromatic carbocycles. The van der Waals surface area contributed by atoms with Crippen LogP contribution in [-0.2, 0) is 0 Å². The van der Waals surface area contributed by atoms with Crippen LogP contribution in [0.5, 0.6) is 0 Å². The highest BCUT2D eigenvalue weighted by Crippen LogP contribution is 2.10. The largest absolute Gasteiger partial charge is 0.393 e. The van der Waals surface area contributed by atoms with Crippen molar-refractivity contribution in [2.24, 2.45) is 0 Å². The molecule has 1 heteroatoms. The Morgan fingerprint density at radius 2 is 1.15 bits per heavy atom. The van der Waals surface area contributed by atoms with E-state index in [1.165, 1.54) is 83.5 Å². The highest BCUT2D eigenvalue weighted by molar-refractivity contribution is 4.81. The zero-order chi connectivity index (χ0) is 14.9. The van der Waals surface area contributed by atoms with Gasteiger partial charge in [0.05, 0.1) is 6.10 Å². The average Bonchev–Trinajstić information content (AvgIpc) is 2.43. The molecule has 1 atom stereocenters. The molecule has 1 unspecified atom stereocenters. The normalized spacial score (nSPS) is 13.2. The molecule has 1 N–H and O–H groups in total. The Kier molecular flexibility index (Phi) is 16.5. The fourth-order valence-corrected chi connectivity index (χ4v) is 2.51. The number of aliphatic hydroxyl groups is 1. The van der Waals surface area contributed by atoms with Crippen LogP contribution in [0, 0.1) is 0 Å². The molecule has 0 radical (unpaired) electrons. The van der Waals surface area contributed by atoms with E-state index in [4.69, 9.17) is 5.11 Å². The molecule has 0 rings (SSSR count). The molecule has 120 valence electrons. The Bertz CT molecular complexity index is 196. The Labute approximate surface area is 127 Å². The summed E-state index contributed by atoms with van der Waals surface area (Å²) in [7, 11) is 0. The first-order valence-electron chi connectivity index (χ1n) is 9.10. The monoisotopic (exact) mass is 282 g/mol. The van der Waals surface area contributed by atoms with Crippen molar-refractivity contribution in [3.05, 3.63) is 12.2 Å². The maximum atomic E-state index is 9.14. The number of aliphatic hydroxyl groups excluding tert-OH is 1. The summed E-state index contributed by atoms with van der Waals surface area (Å²) in [5.74, 6) is 0. The molecule has 0 aliphatic rings. The summed E-state index contributed by atoms with van der Waals surface area (Å²) in [5.41, 5.74) is 0. The Hall–Kier alpha value is -0.300. The lowest BCUT2D eigenvalue weighted by Crippen LogP contribution is -1.97. The first-order valence-corrected chi connectivity index (χ1v) is 9.10. The molecular formula is C19H38O. The second kappa shape index (κ2) is 16.8. The van der Waals surface area contributed by atoms with Crippen LogP contribution in [0.1, 0.15) is 104 Å². The van der Waals surface area contributed by atoms with Gasteiger partial charge in [0.2, 0.25) is 0 Å². The first kappa shape index (κ1) is 19.7. The third kappa shape index (κ3) is 17.7. The van der Waals surface area contributed by atoms with Crippen molar-refractivity contribution in [2.45, 2.75) is 110 Å². The number of hydrogen-bond donors (Lipinski definition) is 1. The van der Waals surface area contributed by atoms with Crippen LogP contribution in [0.4, 0.5) is 0 Å². The fourth-order valence-electron chi connectivity index (χ4n) is 2.51. The Morgan fingerprint density at radius 1 is 0.700 bits per heavy atom. The quantitative estimate of drug-likeness (QED) is 0.272.